The Morgan fingerprint density at radius 3 is 2.71 bits per heavy atom. The molecule has 0 radical (unpaired) electrons. The third kappa shape index (κ3) is 4.46. The molecule has 1 aromatic carbocycles. The van der Waals surface area contributed by atoms with Gasteiger partial charge in [-0.25, -0.2) is 0 Å². The van der Waals surface area contributed by atoms with Crippen molar-refractivity contribution in [3.05, 3.63) is 36.2 Å². The Kier molecular flexibility index (Phi) is 5.50. The van der Waals surface area contributed by atoms with Crippen LogP contribution in [0.1, 0.15) is 46.0 Å². The fraction of sp³-hybridized carbons (Fsp3) is 0.571. The number of rotatable bonds is 3. The molecule has 1 saturated heterocycles. The molecule has 2 aliphatic heterocycles. The van der Waals surface area contributed by atoms with Crippen LogP contribution in [-0.2, 0) is 11.2 Å². The van der Waals surface area contributed by atoms with Gasteiger partial charge in [0.1, 0.15) is 11.8 Å². The maximum Gasteiger partial charge on any atom is 0.315 e. The lowest BCUT2D eigenvalue weighted by Gasteiger charge is -2.33. The molecule has 3 heterocycles. The van der Waals surface area contributed by atoms with E-state index in [-0.39, 0.29) is 13.4 Å². The number of benzene rings is 1. The molecule has 0 unspecified atom stereocenters. The lowest BCUT2D eigenvalue weighted by Crippen LogP contribution is -2.45. The summed E-state index contributed by atoms with van der Waals surface area (Å²) in [7, 11) is 0. The summed E-state index contributed by atoms with van der Waals surface area (Å²) in [6, 6.07) is 8.23. The van der Waals surface area contributed by atoms with Crippen molar-refractivity contribution in [2.45, 2.75) is 51.5 Å². The third-order valence-corrected chi connectivity index (χ3v) is 5.98. The molecule has 7 heteroatoms. The molecule has 1 amide bonds. The van der Waals surface area contributed by atoms with Gasteiger partial charge in [-0.15, -0.1) is 5.10 Å². The van der Waals surface area contributed by atoms with Crippen LogP contribution in [0, 0.1) is 5.41 Å². The van der Waals surface area contributed by atoms with Crippen LogP contribution in [0.2, 0.25) is 0 Å². The molecule has 1 spiro atoms. The standard InChI is InChI=1S/C12H18N4O2.C9H10O.H2/c1-9(14-11-15-13-8-18-11)10(17)16-6-4-12(2-3-12)5-7-16;1-2-6-9-8(4-1)5-3-7-10-9;/h8-9H,2-7H2,1H3,(H,14,15);1-2,4,6H,3,5,7H2;1H/t9-;;/m0../s1. The van der Waals surface area contributed by atoms with Crippen molar-refractivity contribution in [1.82, 2.24) is 15.1 Å². The molecule has 28 heavy (non-hydrogen) atoms. The van der Waals surface area contributed by atoms with E-state index in [4.69, 9.17) is 9.15 Å². The largest absolute Gasteiger partial charge is 0.493 e. The fourth-order valence-electron chi connectivity index (χ4n) is 3.93. The number of piperidine rings is 1. The highest BCUT2D eigenvalue weighted by molar-refractivity contribution is 5.83. The minimum absolute atomic E-state index is 0. The first-order valence-corrected chi connectivity index (χ1v) is 10.2. The number of para-hydroxylation sites is 1. The zero-order chi connectivity index (χ0) is 19.4. The van der Waals surface area contributed by atoms with Gasteiger partial charge in [-0.1, -0.05) is 23.3 Å². The van der Waals surface area contributed by atoms with Crippen molar-refractivity contribution < 1.29 is 15.4 Å². The van der Waals surface area contributed by atoms with Gasteiger partial charge >= 0.3 is 6.01 Å². The van der Waals surface area contributed by atoms with Crippen LogP contribution in [-0.4, -0.2) is 46.7 Å². The number of likely N-dealkylation sites (tertiary alicyclic amines) is 1. The second kappa shape index (κ2) is 8.20. The maximum atomic E-state index is 12.2. The number of carbonyl (C=O) groups excluding carboxylic acids is 1. The van der Waals surface area contributed by atoms with Crippen molar-refractivity contribution in [2.24, 2.45) is 5.41 Å². The molecule has 5 rings (SSSR count). The highest BCUT2D eigenvalue weighted by atomic mass is 16.5. The van der Waals surface area contributed by atoms with Gasteiger partial charge in [0.15, 0.2) is 0 Å². The number of hydrogen-bond acceptors (Lipinski definition) is 6. The zero-order valence-electron chi connectivity index (χ0n) is 16.4. The quantitative estimate of drug-likeness (QED) is 0.869. The summed E-state index contributed by atoms with van der Waals surface area (Å²) in [5, 5.41) is 10.2. The molecule has 1 aliphatic carbocycles. The van der Waals surface area contributed by atoms with Gasteiger partial charge in [-0.2, -0.15) is 0 Å². The zero-order valence-corrected chi connectivity index (χ0v) is 16.4. The number of ether oxygens (including phenoxy) is 1. The van der Waals surface area contributed by atoms with E-state index in [9.17, 15) is 4.79 Å². The Bertz CT molecular complexity index is 760. The minimum Gasteiger partial charge on any atom is -0.493 e. The van der Waals surface area contributed by atoms with Crippen LogP contribution in [0.15, 0.2) is 35.1 Å². The number of carbonyl (C=O) groups is 1. The Morgan fingerprint density at radius 1 is 1.25 bits per heavy atom. The first-order chi connectivity index (χ1) is 13.7. The molecule has 152 valence electrons. The topological polar surface area (TPSA) is 80.5 Å². The number of fused-ring (bicyclic) bond motifs is 1. The highest BCUT2D eigenvalue weighted by Gasteiger charge is 2.45. The van der Waals surface area contributed by atoms with Crippen molar-refractivity contribution >= 4 is 11.9 Å². The second-order valence-electron chi connectivity index (χ2n) is 7.99. The van der Waals surface area contributed by atoms with Crippen molar-refractivity contribution in [3.8, 4) is 5.75 Å². The van der Waals surface area contributed by atoms with Gasteiger partial charge in [0.05, 0.1) is 6.61 Å². The van der Waals surface area contributed by atoms with Crippen LogP contribution in [0.5, 0.6) is 5.75 Å². The number of aromatic nitrogens is 2. The Balaban J connectivity index is 0.000000186. The molecule has 1 aromatic heterocycles. The number of hydrogen-bond donors (Lipinski definition) is 1. The molecule has 7 nitrogen and oxygen atoms in total. The van der Waals surface area contributed by atoms with E-state index in [0.29, 0.717) is 11.4 Å². The van der Waals surface area contributed by atoms with E-state index >= 15 is 0 Å². The van der Waals surface area contributed by atoms with E-state index in [2.05, 4.69) is 27.6 Å². The fourth-order valence-corrected chi connectivity index (χ4v) is 3.93. The average Bonchev–Trinajstić information content (AvgIpc) is 3.29. The van der Waals surface area contributed by atoms with Crippen molar-refractivity contribution in [3.63, 3.8) is 0 Å². The van der Waals surface area contributed by atoms with Crippen molar-refractivity contribution in [1.29, 1.82) is 0 Å². The van der Waals surface area contributed by atoms with Crippen molar-refractivity contribution in [2.75, 3.05) is 25.0 Å². The van der Waals surface area contributed by atoms with Crippen LogP contribution in [0.4, 0.5) is 6.01 Å². The number of nitrogens with one attached hydrogen (secondary N) is 1. The van der Waals surface area contributed by atoms with Crippen LogP contribution >= 0.6 is 0 Å². The van der Waals surface area contributed by atoms with Gasteiger partial charge in [0, 0.05) is 14.5 Å². The molecule has 1 atom stereocenters. The molecular weight excluding hydrogens is 356 g/mol. The maximum absolute atomic E-state index is 12.2. The molecule has 2 fully saturated rings. The van der Waals surface area contributed by atoms with Crippen LogP contribution in [0.25, 0.3) is 0 Å². The number of nitrogens with zero attached hydrogens (tertiary/aromatic N) is 3. The highest BCUT2D eigenvalue weighted by Crippen LogP contribution is 2.53. The SMILES string of the molecule is C[C@H](Nc1nnco1)C(=O)N1CCC2(CC1)CC2.[HH].c1ccc2c(c1)CCCO2. The van der Waals surface area contributed by atoms with E-state index in [1.165, 1.54) is 31.2 Å². The molecule has 1 saturated carbocycles. The molecule has 3 aliphatic rings. The summed E-state index contributed by atoms with van der Waals surface area (Å²) >= 11 is 0. The second-order valence-corrected chi connectivity index (χ2v) is 7.99. The van der Waals surface area contributed by atoms with E-state index in [0.717, 1.165) is 44.7 Å². The first-order valence-electron chi connectivity index (χ1n) is 10.2. The van der Waals surface area contributed by atoms with Crippen LogP contribution < -0.4 is 10.1 Å². The lowest BCUT2D eigenvalue weighted by molar-refractivity contribution is -0.133. The molecule has 1 N–H and O–H groups in total. The smallest absolute Gasteiger partial charge is 0.315 e. The lowest BCUT2D eigenvalue weighted by atomic mass is 9.93. The van der Waals surface area contributed by atoms with Gasteiger partial charge < -0.3 is 19.4 Å². The average molecular weight is 386 g/mol. The van der Waals surface area contributed by atoms with Gasteiger partial charge in [-0.3, -0.25) is 4.79 Å². The number of aryl methyl sites for hydroxylation is 1. The number of anilines is 1. The Labute approximate surface area is 166 Å². The summed E-state index contributed by atoms with van der Waals surface area (Å²) in [6.07, 6.45) is 8.61. The summed E-state index contributed by atoms with van der Waals surface area (Å²) in [4.78, 5) is 14.2. The predicted molar refractivity (Wildman–Crippen MR) is 107 cm³/mol. The normalized spacial score (nSPS) is 20.2. The summed E-state index contributed by atoms with van der Waals surface area (Å²) in [6.45, 7) is 4.48. The monoisotopic (exact) mass is 386 g/mol. The molecular formula is C21H30N4O3. The summed E-state index contributed by atoms with van der Waals surface area (Å²) in [5.41, 5.74) is 1.95. The van der Waals surface area contributed by atoms with E-state index < -0.39 is 0 Å². The third-order valence-electron chi connectivity index (χ3n) is 5.98. The van der Waals surface area contributed by atoms with E-state index in [1.54, 1.807) is 0 Å². The summed E-state index contributed by atoms with van der Waals surface area (Å²) in [5.74, 6) is 1.19. The van der Waals surface area contributed by atoms with Crippen LogP contribution in [0.3, 0.4) is 0 Å². The molecule has 0 bridgehead atoms. The summed E-state index contributed by atoms with van der Waals surface area (Å²) < 4.78 is 10.4. The Morgan fingerprint density at radius 2 is 2.04 bits per heavy atom. The van der Waals surface area contributed by atoms with Gasteiger partial charge in [-0.05, 0) is 62.5 Å². The first kappa shape index (κ1) is 18.8. The van der Waals surface area contributed by atoms with Gasteiger partial charge in [0.25, 0.3) is 0 Å². The minimum atomic E-state index is -0.321. The Hall–Kier alpha value is -2.57. The van der Waals surface area contributed by atoms with Gasteiger partial charge in [0.2, 0.25) is 12.3 Å². The van der Waals surface area contributed by atoms with E-state index in [1.807, 2.05) is 24.0 Å². The molecule has 2 aromatic rings. The predicted octanol–water partition coefficient (Wildman–Crippen LogP) is 3.53. The number of amides is 1.